The van der Waals surface area contributed by atoms with Gasteiger partial charge in [0.05, 0.1) is 23.9 Å². The van der Waals surface area contributed by atoms with E-state index in [1.165, 1.54) is 25.1 Å². The van der Waals surface area contributed by atoms with Gasteiger partial charge in [-0.15, -0.1) is 0 Å². The fourth-order valence-corrected chi connectivity index (χ4v) is 2.58. The minimum absolute atomic E-state index is 0.00156. The van der Waals surface area contributed by atoms with Crippen LogP contribution in [0.4, 0.5) is 5.69 Å². The summed E-state index contributed by atoms with van der Waals surface area (Å²) in [6, 6.07) is 5.18. The maximum absolute atomic E-state index is 11.8. The molecule has 1 rings (SSSR count). The summed E-state index contributed by atoms with van der Waals surface area (Å²) in [5, 5.41) is 17.4. The number of anilines is 1. The summed E-state index contributed by atoms with van der Waals surface area (Å²) in [6.45, 7) is 1.22. The fraction of sp³-hybridized carbons (Fsp3) is 0.300. The number of rotatable bonds is 4. The first-order valence-electron chi connectivity index (χ1n) is 4.83. The summed E-state index contributed by atoms with van der Waals surface area (Å²) in [4.78, 5) is -0.100. The van der Waals surface area contributed by atoms with Gasteiger partial charge in [-0.05, 0) is 25.1 Å². The molecule has 0 radical (unpaired) electrons. The van der Waals surface area contributed by atoms with Crippen molar-refractivity contribution in [3.8, 4) is 6.07 Å². The minimum atomic E-state index is -3.77. The molecule has 7 heteroatoms. The van der Waals surface area contributed by atoms with Crippen LogP contribution in [-0.4, -0.2) is 26.2 Å². The first-order valence-corrected chi connectivity index (χ1v) is 6.32. The predicted molar refractivity (Wildman–Crippen MR) is 62.4 cm³/mol. The van der Waals surface area contributed by atoms with Crippen molar-refractivity contribution in [2.45, 2.75) is 17.9 Å². The number of aliphatic hydroxyl groups excluding tert-OH is 1. The summed E-state index contributed by atoms with van der Waals surface area (Å²) in [7, 11) is -3.77. The molecular weight excluding hydrogens is 242 g/mol. The number of nitrogens with two attached hydrogens (primary N) is 1. The number of nitrogens with zero attached hydrogens (tertiary/aromatic N) is 1. The number of benzene rings is 1. The molecule has 0 saturated heterocycles. The molecule has 1 atom stereocenters. The number of nitrogens with one attached hydrogen (secondary N) is 1. The molecule has 0 amide bonds. The highest BCUT2D eigenvalue weighted by Gasteiger charge is 2.19. The summed E-state index contributed by atoms with van der Waals surface area (Å²) in [6.07, 6.45) is 0. The summed E-state index contributed by atoms with van der Waals surface area (Å²) in [5.41, 5.74) is 5.86. The lowest BCUT2D eigenvalue weighted by molar-refractivity contribution is 0.265. The summed E-state index contributed by atoms with van der Waals surface area (Å²) in [5.74, 6) is 0. The molecule has 1 aromatic carbocycles. The molecule has 17 heavy (non-hydrogen) atoms. The molecule has 0 spiro atoms. The van der Waals surface area contributed by atoms with Crippen LogP contribution >= 0.6 is 0 Å². The van der Waals surface area contributed by atoms with Gasteiger partial charge in [-0.3, -0.25) is 0 Å². The molecule has 0 aliphatic carbocycles. The topological polar surface area (TPSA) is 116 Å². The van der Waals surface area contributed by atoms with Gasteiger partial charge in [0, 0.05) is 6.04 Å². The molecule has 0 unspecified atom stereocenters. The Morgan fingerprint density at radius 2 is 2.24 bits per heavy atom. The number of nitriles is 1. The van der Waals surface area contributed by atoms with E-state index < -0.39 is 16.1 Å². The number of sulfonamides is 1. The van der Waals surface area contributed by atoms with E-state index in [2.05, 4.69) is 4.72 Å². The van der Waals surface area contributed by atoms with Gasteiger partial charge in [-0.1, -0.05) is 0 Å². The number of nitrogen functional groups attached to an aromatic ring is 1. The average Bonchev–Trinajstić information content (AvgIpc) is 2.27. The first kappa shape index (κ1) is 13.4. The Balaban J connectivity index is 3.13. The van der Waals surface area contributed by atoms with Gasteiger partial charge >= 0.3 is 0 Å². The van der Waals surface area contributed by atoms with Gasteiger partial charge in [0.1, 0.15) is 4.90 Å². The largest absolute Gasteiger partial charge is 0.398 e. The zero-order valence-electron chi connectivity index (χ0n) is 9.21. The number of hydrogen-bond acceptors (Lipinski definition) is 5. The minimum Gasteiger partial charge on any atom is -0.398 e. The van der Waals surface area contributed by atoms with E-state index in [0.717, 1.165) is 0 Å². The molecule has 0 fully saturated rings. The van der Waals surface area contributed by atoms with Crippen LogP contribution in [0, 0.1) is 11.3 Å². The van der Waals surface area contributed by atoms with Crippen LogP contribution < -0.4 is 10.5 Å². The van der Waals surface area contributed by atoms with E-state index >= 15 is 0 Å². The van der Waals surface area contributed by atoms with Gasteiger partial charge in [0.2, 0.25) is 10.0 Å². The molecule has 0 bridgehead atoms. The maximum atomic E-state index is 11.8. The van der Waals surface area contributed by atoms with Crippen LogP contribution in [0.25, 0.3) is 0 Å². The van der Waals surface area contributed by atoms with E-state index in [-0.39, 0.29) is 22.8 Å². The molecule has 0 aliphatic rings. The molecule has 0 saturated carbocycles. The van der Waals surface area contributed by atoms with Crippen molar-refractivity contribution < 1.29 is 13.5 Å². The Labute approximate surface area is 99.7 Å². The third-order valence-corrected chi connectivity index (χ3v) is 3.72. The van der Waals surface area contributed by atoms with Crippen LogP contribution in [0.5, 0.6) is 0 Å². The van der Waals surface area contributed by atoms with Gasteiger partial charge in [0.15, 0.2) is 0 Å². The van der Waals surface area contributed by atoms with E-state index in [1.807, 2.05) is 6.07 Å². The summed E-state index contributed by atoms with van der Waals surface area (Å²) >= 11 is 0. The van der Waals surface area contributed by atoms with Crippen molar-refractivity contribution in [2.24, 2.45) is 0 Å². The quantitative estimate of drug-likeness (QED) is 0.644. The van der Waals surface area contributed by atoms with Crippen molar-refractivity contribution in [1.29, 1.82) is 5.26 Å². The SMILES string of the molecule is C[C@H](CO)NS(=O)(=O)c1ccc(C#N)cc1N. The lowest BCUT2D eigenvalue weighted by atomic mass is 10.2. The highest BCUT2D eigenvalue weighted by molar-refractivity contribution is 7.89. The molecular formula is C10H13N3O3S. The number of hydrogen-bond donors (Lipinski definition) is 3. The van der Waals surface area contributed by atoms with Crippen LogP contribution in [-0.2, 0) is 10.0 Å². The molecule has 92 valence electrons. The lowest BCUT2D eigenvalue weighted by Gasteiger charge is -2.13. The molecule has 0 aliphatic heterocycles. The van der Waals surface area contributed by atoms with E-state index in [9.17, 15) is 8.42 Å². The zero-order chi connectivity index (χ0) is 13.1. The third kappa shape index (κ3) is 3.17. The van der Waals surface area contributed by atoms with E-state index in [0.29, 0.717) is 0 Å². The Kier molecular flexibility index (Phi) is 4.07. The smallest absolute Gasteiger partial charge is 0.242 e. The average molecular weight is 255 g/mol. The van der Waals surface area contributed by atoms with Gasteiger partial charge < -0.3 is 10.8 Å². The monoisotopic (exact) mass is 255 g/mol. The molecule has 0 heterocycles. The lowest BCUT2D eigenvalue weighted by Crippen LogP contribution is -2.35. The third-order valence-electron chi connectivity index (χ3n) is 2.06. The number of aliphatic hydroxyl groups is 1. The second-order valence-corrected chi connectivity index (χ2v) is 5.25. The van der Waals surface area contributed by atoms with Gasteiger partial charge in [-0.2, -0.15) is 5.26 Å². The van der Waals surface area contributed by atoms with Crippen molar-refractivity contribution in [1.82, 2.24) is 4.72 Å². The fourth-order valence-electron chi connectivity index (χ4n) is 1.23. The van der Waals surface area contributed by atoms with Gasteiger partial charge in [-0.25, -0.2) is 13.1 Å². The predicted octanol–water partition coefficient (Wildman–Crippen LogP) is -0.200. The Hall–Kier alpha value is -1.62. The first-order chi connectivity index (χ1) is 7.90. The zero-order valence-corrected chi connectivity index (χ0v) is 10.0. The normalized spacial score (nSPS) is 13.0. The highest BCUT2D eigenvalue weighted by atomic mass is 32.2. The molecule has 1 aromatic rings. The van der Waals surface area contributed by atoms with Crippen molar-refractivity contribution in [2.75, 3.05) is 12.3 Å². The highest BCUT2D eigenvalue weighted by Crippen LogP contribution is 2.19. The second kappa shape index (κ2) is 5.14. The standard InChI is InChI=1S/C10H13N3O3S/c1-7(6-14)13-17(15,16)10-3-2-8(5-11)4-9(10)12/h2-4,7,13-14H,6,12H2,1H3/t7-/m1/s1. The molecule has 0 aromatic heterocycles. The Bertz CT molecular complexity index is 548. The van der Waals surface area contributed by atoms with Crippen molar-refractivity contribution in [3.05, 3.63) is 23.8 Å². The van der Waals surface area contributed by atoms with Crippen molar-refractivity contribution >= 4 is 15.7 Å². The van der Waals surface area contributed by atoms with Crippen LogP contribution in [0.15, 0.2) is 23.1 Å². The van der Waals surface area contributed by atoms with Crippen molar-refractivity contribution in [3.63, 3.8) is 0 Å². The van der Waals surface area contributed by atoms with Gasteiger partial charge in [0.25, 0.3) is 0 Å². The van der Waals surface area contributed by atoms with E-state index in [1.54, 1.807) is 0 Å². The summed E-state index contributed by atoms with van der Waals surface area (Å²) < 4.78 is 25.9. The van der Waals surface area contributed by atoms with Crippen LogP contribution in [0.1, 0.15) is 12.5 Å². The maximum Gasteiger partial charge on any atom is 0.242 e. The van der Waals surface area contributed by atoms with E-state index in [4.69, 9.17) is 16.1 Å². The Morgan fingerprint density at radius 1 is 1.59 bits per heavy atom. The van der Waals surface area contributed by atoms with Crippen LogP contribution in [0.2, 0.25) is 0 Å². The molecule has 6 nitrogen and oxygen atoms in total. The second-order valence-electron chi connectivity index (χ2n) is 3.57. The van der Waals surface area contributed by atoms with Crippen LogP contribution in [0.3, 0.4) is 0 Å². The Morgan fingerprint density at radius 3 is 2.71 bits per heavy atom. The molecule has 4 N–H and O–H groups in total.